The Morgan fingerprint density at radius 3 is 2.74 bits per heavy atom. The van der Waals surface area contributed by atoms with Gasteiger partial charge in [-0.15, -0.1) is 11.8 Å². The summed E-state index contributed by atoms with van der Waals surface area (Å²) in [5.74, 6) is 0.329. The molecule has 0 amide bonds. The number of Topliss-reactive ketones (excluding diaryl/α,β-unsaturated/α-hetero) is 1. The van der Waals surface area contributed by atoms with Gasteiger partial charge < -0.3 is 4.42 Å². The van der Waals surface area contributed by atoms with Crippen LogP contribution in [0.4, 0.5) is 0 Å². The van der Waals surface area contributed by atoms with Crippen LogP contribution in [0.5, 0.6) is 0 Å². The topological polar surface area (TPSA) is 55.5 Å². The van der Waals surface area contributed by atoms with Crippen molar-refractivity contribution in [2.24, 2.45) is 4.99 Å². The first-order chi connectivity index (χ1) is 9.27. The fourth-order valence-corrected chi connectivity index (χ4v) is 2.23. The molecule has 0 bridgehead atoms. The number of aromatic nitrogens is 1. The van der Waals surface area contributed by atoms with Crippen molar-refractivity contribution in [1.29, 1.82) is 0 Å². The summed E-state index contributed by atoms with van der Waals surface area (Å²) in [7, 11) is 0. The van der Waals surface area contributed by atoms with E-state index in [2.05, 4.69) is 16.7 Å². The zero-order valence-corrected chi connectivity index (χ0v) is 11.2. The maximum atomic E-state index is 12.4. The van der Waals surface area contributed by atoms with Gasteiger partial charge in [0.15, 0.2) is 5.76 Å². The smallest absolute Gasteiger partial charge is 0.219 e. The van der Waals surface area contributed by atoms with E-state index in [9.17, 15) is 4.79 Å². The van der Waals surface area contributed by atoms with Crippen molar-refractivity contribution < 1.29 is 9.21 Å². The summed E-state index contributed by atoms with van der Waals surface area (Å²) in [4.78, 5) is 20.8. The van der Waals surface area contributed by atoms with Crippen LogP contribution in [-0.4, -0.2) is 23.7 Å². The Hall–Kier alpha value is -2.14. The summed E-state index contributed by atoms with van der Waals surface area (Å²) < 4.78 is 5.28. The number of rotatable bonds is 5. The van der Waals surface area contributed by atoms with Gasteiger partial charge in [-0.2, -0.15) is 0 Å². The molecule has 2 heterocycles. The van der Waals surface area contributed by atoms with Crippen molar-refractivity contribution >= 4 is 30.0 Å². The zero-order chi connectivity index (χ0) is 13.7. The van der Waals surface area contributed by atoms with E-state index < -0.39 is 0 Å². The molecule has 0 aromatic carbocycles. The van der Waals surface area contributed by atoms with Gasteiger partial charge in [0.2, 0.25) is 5.78 Å². The molecule has 4 nitrogen and oxygen atoms in total. The van der Waals surface area contributed by atoms with E-state index in [-0.39, 0.29) is 5.78 Å². The molecule has 96 valence electrons. The second-order valence-electron chi connectivity index (χ2n) is 3.56. The molecule has 2 aromatic heterocycles. The van der Waals surface area contributed by atoms with Gasteiger partial charge in [0, 0.05) is 6.20 Å². The molecule has 0 atom stereocenters. The van der Waals surface area contributed by atoms with Crippen LogP contribution in [-0.2, 0) is 0 Å². The molecule has 5 heteroatoms. The summed E-state index contributed by atoms with van der Waals surface area (Å²) in [5.41, 5.74) is 0.813. The molecule has 2 aromatic rings. The number of nitrogens with zero attached hydrogens (tertiary/aromatic N) is 2. The molecule has 19 heavy (non-hydrogen) atoms. The van der Waals surface area contributed by atoms with Crippen molar-refractivity contribution in [1.82, 2.24) is 4.98 Å². The molecule has 0 unspecified atom stereocenters. The second-order valence-corrected chi connectivity index (χ2v) is 4.38. The Kier molecular flexibility index (Phi) is 4.30. The Morgan fingerprint density at radius 2 is 2.21 bits per heavy atom. The van der Waals surface area contributed by atoms with E-state index in [0.29, 0.717) is 22.1 Å². The van der Waals surface area contributed by atoms with E-state index in [1.807, 2.05) is 6.26 Å². The summed E-state index contributed by atoms with van der Waals surface area (Å²) in [6, 6.07) is 8.68. The number of carbonyl (C=O) groups excluding carboxylic acids is 1. The molecule has 0 saturated heterocycles. The van der Waals surface area contributed by atoms with Crippen LogP contribution >= 0.6 is 11.8 Å². The number of allylic oxidation sites excluding steroid dienone is 1. The second kappa shape index (κ2) is 6.15. The predicted molar refractivity (Wildman–Crippen MR) is 77.3 cm³/mol. The molecule has 0 fully saturated rings. The highest BCUT2D eigenvalue weighted by Crippen LogP contribution is 2.29. The first-order valence-corrected chi connectivity index (χ1v) is 6.75. The van der Waals surface area contributed by atoms with Gasteiger partial charge in [0.1, 0.15) is 11.4 Å². The van der Waals surface area contributed by atoms with Crippen molar-refractivity contribution in [3.05, 3.63) is 59.2 Å². The largest absolute Gasteiger partial charge is 0.463 e. The van der Waals surface area contributed by atoms with E-state index >= 15 is 0 Å². The van der Waals surface area contributed by atoms with Crippen molar-refractivity contribution in [2.45, 2.75) is 0 Å². The van der Waals surface area contributed by atoms with E-state index in [0.717, 1.165) is 0 Å². The Balaban J connectivity index is 2.49. The van der Waals surface area contributed by atoms with Crippen molar-refractivity contribution in [2.75, 3.05) is 6.26 Å². The number of aliphatic imine (C=N–C) groups is 1. The number of hydrogen-bond acceptors (Lipinski definition) is 5. The van der Waals surface area contributed by atoms with Crippen LogP contribution in [0.3, 0.4) is 0 Å². The highest BCUT2D eigenvalue weighted by molar-refractivity contribution is 8.03. The lowest BCUT2D eigenvalue weighted by Crippen LogP contribution is -2.05. The van der Waals surface area contributed by atoms with Crippen LogP contribution in [0.2, 0.25) is 0 Å². The average molecular weight is 272 g/mol. The number of furan rings is 1. The number of carbonyl (C=O) groups is 1. The normalized spacial score (nSPS) is 11.8. The van der Waals surface area contributed by atoms with Crippen LogP contribution in [0.25, 0.3) is 5.70 Å². The SMILES string of the molecule is C=N/C(=C(\SC)C(=O)c1ccccn1)c1ccco1. The van der Waals surface area contributed by atoms with E-state index in [1.54, 1.807) is 36.5 Å². The van der Waals surface area contributed by atoms with Gasteiger partial charge in [-0.05, 0) is 37.2 Å². The summed E-state index contributed by atoms with van der Waals surface area (Å²) in [6.45, 7) is 3.51. The molecule has 0 aliphatic carbocycles. The van der Waals surface area contributed by atoms with Gasteiger partial charge in [0.25, 0.3) is 0 Å². The first-order valence-electron chi connectivity index (χ1n) is 5.52. The Bertz CT molecular complexity index is 604. The molecular weight excluding hydrogens is 260 g/mol. The minimum absolute atomic E-state index is 0.188. The monoisotopic (exact) mass is 272 g/mol. The molecule has 0 aliphatic heterocycles. The van der Waals surface area contributed by atoms with E-state index in [1.165, 1.54) is 18.0 Å². The van der Waals surface area contributed by atoms with Gasteiger partial charge >= 0.3 is 0 Å². The molecular formula is C14H12N2O2S. The fourth-order valence-electron chi connectivity index (χ4n) is 1.59. The van der Waals surface area contributed by atoms with Crippen LogP contribution in [0.15, 0.2) is 57.1 Å². The van der Waals surface area contributed by atoms with Gasteiger partial charge in [-0.1, -0.05) is 6.07 Å². The third-order valence-electron chi connectivity index (χ3n) is 2.44. The van der Waals surface area contributed by atoms with Crippen LogP contribution in [0, 0.1) is 0 Å². The first kappa shape index (κ1) is 13.3. The quantitative estimate of drug-likeness (QED) is 0.476. The maximum absolute atomic E-state index is 12.4. The standard InChI is InChI=1S/C14H12N2O2S/c1-15-12(11-7-5-9-18-11)14(19-2)13(17)10-6-3-4-8-16-10/h3-9H,1H2,2H3/b14-12-. The fraction of sp³-hybridized carbons (Fsp3) is 0.0714. The lowest BCUT2D eigenvalue weighted by molar-refractivity contribution is 0.103. The maximum Gasteiger partial charge on any atom is 0.219 e. The number of pyridine rings is 1. The van der Waals surface area contributed by atoms with Crippen molar-refractivity contribution in [3.8, 4) is 0 Å². The van der Waals surface area contributed by atoms with Gasteiger partial charge in [0.05, 0.1) is 11.2 Å². The molecule has 0 N–H and O–H groups in total. The molecule has 0 saturated carbocycles. The number of hydrogen-bond donors (Lipinski definition) is 0. The van der Waals surface area contributed by atoms with Gasteiger partial charge in [-0.25, -0.2) is 0 Å². The Morgan fingerprint density at radius 1 is 1.37 bits per heavy atom. The summed E-state index contributed by atoms with van der Waals surface area (Å²) >= 11 is 1.30. The highest BCUT2D eigenvalue weighted by Gasteiger charge is 2.19. The lowest BCUT2D eigenvalue weighted by atomic mass is 10.2. The van der Waals surface area contributed by atoms with Crippen LogP contribution in [0.1, 0.15) is 16.2 Å². The van der Waals surface area contributed by atoms with E-state index in [4.69, 9.17) is 4.42 Å². The molecule has 0 aliphatic rings. The third-order valence-corrected chi connectivity index (χ3v) is 3.22. The average Bonchev–Trinajstić information content (AvgIpc) is 2.98. The molecule has 0 radical (unpaired) electrons. The lowest BCUT2D eigenvalue weighted by Gasteiger charge is -2.06. The minimum atomic E-state index is -0.188. The minimum Gasteiger partial charge on any atom is -0.463 e. The summed E-state index contributed by atoms with van der Waals surface area (Å²) in [6.07, 6.45) is 4.92. The predicted octanol–water partition coefficient (Wildman–Crippen LogP) is 3.29. The number of ketones is 1. The molecule has 2 rings (SSSR count). The third kappa shape index (κ3) is 2.82. The zero-order valence-electron chi connectivity index (χ0n) is 10.4. The summed E-state index contributed by atoms with van der Waals surface area (Å²) in [5, 5.41) is 0. The molecule has 0 spiro atoms. The highest BCUT2D eigenvalue weighted by atomic mass is 32.2. The van der Waals surface area contributed by atoms with Crippen LogP contribution < -0.4 is 0 Å². The van der Waals surface area contributed by atoms with Crippen molar-refractivity contribution in [3.63, 3.8) is 0 Å². The number of thioether (sulfide) groups is 1. The Labute approximate surface area is 115 Å². The van der Waals surface area contributed by atoms with Gasteiger partial charge in [-0.3, -0.25) is 14.8 Å².